The van der Waals surface area contributed by atoms with Gasteiger partial charge in [-0.1, -0.05) is 18.9 Å². The smallest absolute Gasteiger partial charge is 0.244 e. The average Bonchev–Trinajstić information content (AvgIpc) is 2.99. The summed E-state index contributed by atoms with van der Waals surface area (Å²) in [6.45, 7) is 3.94. The van der Waals surface area contributed by atoms with Crippen molar-refractivity contribution >= 4 is 36.4 Å². The zero-order valence-electron chi connectivity index (χ0n) is 15.0. The summed E-state index contributed by atoms with van der Waals surface area (Å²) in [4.78, 5) is 16.7. The molecule has 0 aliphatic heterocycles. The SMILES string of the molecule is Cc1ccnc(Oc2cc(NC(=O)C3(N)CCCC3)ccc2C)c1.Cl.Cl. The molecule has 1 heterocycles. The molecule has 2 aromatic rings. The number of aromatic nitrogens is 1. The number of amides is 1. The largest absolute Gasteiger partial charge is 0.439 e. The molecule has 1 aromatic carbocycles. The number of rotatable bonds is 4. The molecule has 26 heavy (non-hydrogen) atoms. The summed E-state index contributed by atoms with van der Waals surface area (Å²) in [6, 6.07) is 9.38. The fourth-order valence-corrected chi connectivity index (χ4v) is 2.95. The van der Waals surface area contributed by atoms with Gasteiger partial charge in [0.05, 0.1) is 5.54 Å². The number of aryl methyl sites for hydroxylation is 2. The van der Waals surface area contributed by atoms with Crippen molar-refractivity contribution in [1.29, 1.82) is 0 Å². The van der Waals surface area contributed by atoms with Crippen LogP contribution in [-0.2, 0) is 4.79 Å². The van der Waals surface area contributed by atoms with E-state index in [4.69, 9.17) is 10.5 Å². The summed E-state index contributed by atoms with van der Waals surface area (Å²) >= 11 is 0. The first kappa shape index (κ1) is 22.2. The lowest BCUT2D eigenvalue weighted by atomic mass is 9.98. The number of ether oxygens (including phenoxy) is 1. The fraction of sp³-hybridized carbons (Fsp3) is 0.368. The van der Waals surface area contributed by atoms with Gasteiger partial charge < -0.3 is 15.8 Å². The fourth-order valence-electron chi connectivity index (χ4n) is 2.95. The quantitative estimate of drug-likeness (QED) is 0.793. The Kier molecular flexibility index (Phi) is 7.87. The molecule has 5 nitrogen and oxygen atoms in total. The van der Waals surface area contributed by atoms with Crippen LogP contribution in [0, 0.1) is 13.8 Å². The van der Waals surface area contributed by atoms with E-state index in [1.165, 1.54) is 0 Å². The van der Waals surface area contributed by atoms with E-state index in [2.05, 4.69) is 10.3 Å². The van der Waals surface area contributed by atoms with Crippen molar-refractivity contribution in [3.8, 4) is 11.6 Å². The van der Waals surface area contributed by atoms with Crippen molar-refractivity contribution in [1.82, 2.24) is 4.98 Å². The number of carbonyl (C=O) groups excluding carboxylic acids is 1. The van der Waals surface area contributed by atoms with E-state index < -0.39 is 5.54 Å². The zero-order chi connectivity index (χ0) is 17.2. The molecular weight excluding hydrogens is 373 g/mol. The second-order valence-corrected chi connectivity index (χ2v) is 6.57. The lowest BCUT2D eigenvalue weighted by Crippen LogP contribution is -2.48. The number of hydrogen-bond donors (Lipinski definition) is 2. The van der Waals surface area contributed by atoms with Crippen LogP contribution in [0.4, 0.5) is 5.69 Å². The Morgan fingerprint density at radius 3 is 2.50 bits per heavy atom. The monoisotopic (exact) mass is 397 g/mol. The minimum Gasteiger partial charge on any atom is -0.439 e. The minimum atomic E-state index is -0.746. The molecule has 3 N–H and O–H groups in total. The van der Waals surface area contributed by atoms with Gasteiger partial charge in [-0.05, 0) is 49.9 Å². The molecule has 7 heteroatoms. The van der Waals surface area contributed by atoms with Crippen LogP contribution in [0.1, 0.15) is 36.8 Å². The van der Waals surface area contributed by atoms with Crippen LogP contribution in [0.5, 0.6) is 11.6 Å². The molecule has 1 saturated carbocycles. The first-order valence-corrected chi connectivity index (χ1v) is 8.28. The third kappa shape index (κ3) is 5.10. The molecule has 3 rings (SSSR count). The Morgan fingerprint density at radius 1 is 1.15 bits per heavy atom. The highest BCUT2D eigenvalue weighted by atomic mass is 35.5. The van der Waals surface area contributed by atoms with Gasteiger partial charge in [0.15, 0.2) is 0 Å². The van der Waals surface area contributed by atoms with Gasteiger partial charge in [0.2, 0.25) is 11.8 Å². The molecule has 1 aliphatic carbocycles. The van der Waals surface area contributed by atoms with Crippen LogP contribution in [0.25, 0.3) is 0 Å². The van der Waals surface area contributed by atoms with E-state index in [-0.39, 0.29) is 30.7 Å². The lowest BCUT2D eigenvalue weighted by Gasteiger charge is -2.22. The lowest BCUT2D eigenvalue weighted by molar-refractivity contribution is -0.121. The third-order valence-electron chi connectivity index (χ3n) is 4.50. The van der Waals surface area contributed by atoms with E-state index in [1.54, 1.807) is 6.20 Å². The Hall–Kier alpha value is -1.82. The number of nitrogens with one attached hydrogen (secondary N) is 1. The Morgan fingerprint density at radius 2 is 1.85 bits per heavy atom. The number of benzene rings is 1. The molecule has 142 valence electrons. The number of hydrogen-bond acceptors (Lipinski definition) is 4. The van der Waals surface area contributed by atoms with E-state index >= 15 is 0 Å². The summed E-state index contributed by atoms with van der Waals surface area (Å²) in [7, 11) is 0. The number of pyridine rings is 1. The van der Waals surface area contributed by atoms with Crippen LogP contribution in [0.3, 0.4) is 0 Å². The summed E-state index contributed by atoms with van der Waals surface area (Å²) in [5.74, 6) is 1.08. The summed E-state index contributed by atoms with van der Waals surface area (Å²) < 4.78 is 5.87. The average molecular weight is 398 g/mol. The number of anilines is 1. The molecule has 0 saturated heterocycles. The molecule has 0 unspecified atom stereocenters. The molecule has 1 aliphatic rings. The zero-order valence-corrected chi connectivity index (χ0v) is 16.6. The maximum Gasteiger partial charge on any atom is 0.244 e. The molecule has 1 amide bonds. The van der Waals surface area contributed by atoms with Crippen molar-refractivity contribution in [3.05, 3.63) is 47.7 Å². The number of nitrogens with zero attached hydrogens (tertiary/aromatic N) is 1. The molecule has 0 bridgehead atoms. The van der Waals surface area contributed by atoms with Gasteiger partial charge in [0.25, 0.3) is 0 Å². The van der Waals surface area contributed by atoms with Crippen molar-refractivity contribution in [2.45, 2.75) is 45.1 Å². The predicted octanol–water partition coefficient (Wildman–Crippen LogP) is 4.54. The van der Waals surface area contributed by atoms with E-state index in [0.717, 1.165) is 36.8 Å². The third-order valence-corrected chi connectivity index (χ3v) is 4.50. The normalized spacial score (nSPS) is 14.7. The highest BCUT2D eigenvalue weighted by Crippen LogP contribution is 2.30. The topological polar surface area (TPSA) is 77.2 Å². The highest BCUT2D eigenvalue weighted by molar-refractivity contribution is 5.98. The van der Waals surface area contributed by atoms with Crippen molar-refractivity contribution in [3.63, 3.8) is 0 Å². The molecule has 1 fully saturated rings. The maximum absolute atomic E-state index is 12.4. The van der Waals surface area contributed by atoms with Gasteiger partial charge in [0, 0.05) is 24.0 Å². The van der Waals surface area contributed by atoms with Crippen LogP contribution >= 0.6 is 24.8 Å². The van der Waals surface area contributed by atoms with Crippen LogP contribution in [-0.4, -0.2) is 16.4 Å². The van der Waals surface area contributed by atoms with Crippen LogP contribution < -0.4 is 15.8 Å². The van der Waals surface area contributed by atoms with Gasteiger partial charge in [0.1, 0.15) is 5.75 Å². The minimum absolute atomic E-state index is 0. The summed E-state index contributed by atoms with van der Waals surface area (Å²) in [5, 5.41) is 2.92. The second kappa shape index (κ2) is 9.21. The Bertz CT molecular complexity index is 762. The Balaban J connectivity index is 0.00000169. The second-order valence-electron chi connectivity index (χ2n) is 6.57. The number of carbonyl (C=O) groups is 1. The molecule has 0 atom stereocenters. The molecule has 1 aromatic heterocycles. The van der Waals surface area contributed by atoms with Gasteiger partial charge in [-0.2, -0.15) is 0 Å². The van der Waals surface area contributed by atoms with Gasteiger partial charge in [-0.15, -0.1) is 24.8 Å². The summed E-state index contributed by atoms with van der Waals surface area (Å²) in [5.41, 5.74) is 8.19. The van der Waals surface area contributed by atoms with Crippen molar-refractivity contribution in [2.24, 2.45) is 5.73 Å². The van der Waals surface area contributed by atoms with Crippen LogP contribution in [0.15, 0.2) is 36.5 Å². The predicted molar refractivity (Wildman–Crippen MR) is 109 cm³/mol. The van der Waals surface area contributed by atoms with E-state index in [9.17, 15) is 4.79 Å². The van der Waals surface area contributed by atoms with Gasteiger partial charge in [-0.3, -0.25) is 4.79 Å². The standard InChI is InChI=1S/C19H23N3O2.2ClH/c1-13-7-10-21-17(11-13)24-16-12-15(6-5-14(16)2)22-18(23)19(20)8-3-4-9-19;;/h5-7,10-12H,3-4,8-9,20H2,1-2H3,(H,22,23);2*1H. The van der Waals surface area contributed by atoms with Crippen LogP contribution in [0.2, 0.25) is 0 Å². The molecular formula is C19H25Cl2N3O2. The Labute approximate surface area is 166 Å². The van der Waals surface area contributed by atoms with E-state index in [1.807, 2.05) is 44.2 Å². The van der Waals surface area contributed by atoms with Crippen molar-refractivity contribution < 1.29 is 9.53 Å². The number of halogens is 2. The van der Waals surface area contributed by atoms with Gasteiger partial charge >= 0.3 is 0 Å². The molecule has 0 spiro atoms. The first-order valence-electron chi connectivity index (χ1n) is 8.28. The highest BCUT2D eigenvalue weighted by Gasteiger charge is 2.37. The molecule has 0 radical (unpaired) electrons. The van der Waals surface area contributed by atoms with Gasteiger partial charge in [-0.25, -0.2) is 4.98 Å². The van der Waals surface area contributed by atoms with E-state index in [0.29, 0.717) is 17.3 Å². The first-order chi connectivity index (χ1) is 11.5. The maximum atomic E-state index is 12.4. The summed E-state index contributed by atoms with van der Waals surface area (Å²) in [6.07, 6.45) is 5.20. The number of nitrogens with two attached hydrogens (primary N) is 1. The van der Waals surface area contributed by atoms with Crippen molar-refractivity contribution in [2.75, 3.05) is 5.32 Å².